The van der Waals surface area contributed by atoms with E-state index in [1.165, 1.54) is 6.07 Å². The second-order valence-corrected chi connectivity index (χ2v) is 7.11. The van der Waals surface area contributed by atoms with Crippen LogP contribution in [0.3, 0.4) is 0 Å². The van der Waals surface area contributed by atoms with Gasteiger partial charge in [-0.15, -0.1) is 0 Å². The summed E-state index contributed by atoms with van der Waals surface area (Å²) in [6.07, 6.45) is 0.964. The molecule has 0 aliphatic heterocycles. The Morgan fingerprint density at radius 2 is 1.95 bits per heavy atom. The number of rotatable bonds is 5. The topological polar surface area (TPSA) is 9.23 Å². The van der Waals surface area contributed by atoms with E-state index in [0.29, 0.717) is 11.1 Å². The van der Waals surface area contributed by atoms with Crippen molar-refractivity contribution in [3.8, 4) is 5.75 Å². The molecule has 2 rings (SSSR count). The Kier molecular flexibility index (Phi) is 6.26. The van der Waals surface area contributed by atoms with Crippen LogP contribution in [0.15, 0.2) is 45.3 Å². The summed E-state index contributed by atoms with van der Waals surface area (Å²) in [5, 5.41) is 0. The van der Waals surface area contributed by atoms with Crippen LogP contribution in [0.2, 0.25) is 0 Å². The van der Waals surface area contributed by atoms with Crippen LogP contribution in [0.4, 0.5) is 4.39 Å². The average molecular weight is 481 g/mol. The van der Waals surface area contributed by atoms with Gasteiger partial charge >= 0.3 is 0 Å². The highest BCUT2D eigenvalue weighted by atomic mass is 79.9. The number of halogens is 4. The zero-order chi connectivity index (χ0) is 15.4. The Morgan fingerprint density at radius 1 is 1.19 bits per heavy atom. The molecule has 0 saturated carbocycles. The predicted molar refractivity (Wildman–Crippen MR) is 94.8 cm³/mol. The third-order valence-electron chi connectivity index (χ3n) is 2.96. The van der Waals surface area contributed by atoms with Crippen LogP contribution in [0, 0.1) is 5.82 Å². The van der Waals surface area contributed by atoms with Crippen molar-refractivity contribution in [2.24, 2.45) is 0 Å². The smallest absolute Gasteiger partial charge is 0.137 e. The first-order valence-corrected chi connectivity index (χ1v) is 9.05. The maximum absolute atomic E-state index is 13.6. The van der Waals surface area contributed by atoms with Crippen LogP contribution < -0.4 is 4.74 Å². The zero-order valence-corrected chi connectivity index (χ0v) is 16.1. The molecule has 0 radical (unpaired) electrons. The van der Waals surface area contributed by atoms with E-state index in [-0.39, 0.29) is 10.6 Å². The third kappa shape index (κ3) is 4.08. The van der Waals surface area contributed by atoms with Crippen LogP contribution in [-0.4, -0.2) is 6.61 Å². The third-order valence-corrected chi connectivity index (χ3v) is 5.44. The fourth-order valence-electron chi connectivity index (χ4n) is 1.90. The molecule has 5 heteroatoms. The van der Waals surface area contributed by atoms with Gasteiger partial charge in [0.2, 0.25) is 0 Å². The molecule has 0 heterocycles. The Morgan fingerprint density at radius 3 is 2.62 bits per heavy atom. The lowest BCUT2D eigenvalue weighted by atomic mass is 10.0. The number of ether oxygens (including phenoxy) is 1. The molecule has 0 aliphatic carbocycles. The minimum absolute atomic E-state index is 0.0981. The number of alkyl halides is 1. The molecule has 0 fully saturated rings. The molecule has 1 nitrogen and oxygen atoms in total. The fourth-order valence-corrected chi connectivity index (χ4v) is 3.88. The molecule has 0 saturated heterocycles. The molecule has 21 heavy (non-hydrogen) atoms. The fraction of sp³-hybridized carbons (Fsp3) is 0.250. The predicted octanol–water partition coefficient (Wildman–Crippen LogP) is 6.62. The number of hydrogen-bond acceptors (Lipinski definition) is 1. The largest absolute Gasteiger partial charge is 0.492 e. The highest BCUT2D eigenvalue weighted by Crippen LogP contribution is 2.38. The molecular weight excluding hydrogens is 467 g/mol. The Balaban J connectivity index is 2.29. The second kappa shape index (κ2) is 7.75. The Hall–Kier alpha value is -0.390. The van der Waals surface area contributed by atoms with E-state index >= 15 is 0 Å². The summed E-state index contributed by atoms with van der Waals surface area (Å²) in [6, 6.07) is 10.9. The van der Waals surface area contributed by atoms with Crippen molar-refractivity contribution in [2.45, 2.75) is 18.2 Å². The molecule has 0 amide bonds. The van der Waals surface area contributed by atoms with Gasteiger partial charge in [0.1, 0.15) is 11.6 Å². The van der Waals surface area contributed by atoms with Gasteiger partial charge in [-0.25, -0.2) is 4.39 Å². The van der Waals surface area contributed by atoms with Gasteiger partial charge in [-0.3, -0.25) is 0 Å². The molecule has 2 aromatic rings. The number of benzene rings is 2. The summed E-state index contributed by atoms with van der Waals surface area (Å²) in [6.45, 7) is 2.75. The van der Waals surface area contributed by atoms with Crippen molar-refractivity contribution >= 4 is 47.8 Å². The summed E-state index contributed by atoms with van der Waals surface area (Å²) in [5.41, 5.74) is 1.88. The van der Waals surface area contributed by atoms with Crippen molar-refractivity contribution in [1.29, 1.82) is 0 Å². The lowest BCUT2D eigenvalue weighted by Crippen LogP contribution is -1.99. The minimum Gasteiger partial charge on any atom is -0.492 e. The molecule has 1 unspecified atom stereocenters. The van der Waals surface area contributed by atoms with Crippen LogP contribution in [0.5, 0.6) is 5.75 Å². The molecule has 0 aliphatic rings. The first-order valence-electron chi connectivity index (χ1n) is 6.54. The van der Waals surface area contributed by atoms with E-state index in [9.17, 15) is 4.39 Å². The Labute approximate surface area is 149 Å². The van der Waals surface area contributed by atoms with Gasteiger partial charge in [0.15, 0.2) is 0 Å². The van der Waals surface area contributed by atoms with Gasteiger partial charge in [0.25, 0.3) is 0 Å². The Bertz CT molecular complexity index is 631. The first kappa shape index (κ1) is 17.0. The molecular formula is C16H14Br3FO. The summed E-state index contributed by atoms with van der Waals surface area (Å²) < 4.78 is 20.7. The molecule has 0 bridgehead atoms. The van der Waals surface area contributed by atoms with Crippen molar-refractivity contribution in [3.63, 3.8) is 0 Å². The summed E-state index contributed by atoms with van der Waals surface area (Å²) in [5.74, 6) is 0.553. The molecule has 1 atom stereocenters. The average Bonchev–Trinajstić information content (AvgIpc) is 2.48. The van der Waals surface area contributed by atoms with Gasteiger partial charge in [-0.05, 0) is 67.6 Å². The van der Waals surface area contributed by atoms with E-state index in [0.717, 1.165) is 27.8 Å². The van der Waals surface area contributed by atoms with Gasteiger partial charge in [-0.2, -0.15) is 0 Å². The normalized spacial score (nSPS) is 12.2. The summed E-state index contributed by atoms with van der Waals surface area (Å²) in [7, 11) is 0. The lowest BCUT2D eigenvalue weighted by molar-refractivity contribution is 0.315. The maximum Gasteiger partial charge on any atom is 0.137 e. The molecule has 0 N–H and O–H groups in total. The number of hydrogen-bond donors (Lipinski definition) is 0. The van der Waals surface area contributed by atoms with Crippen molar-refractivity contribution in [1.82, 2.24) is 0 Å². The van der Waals surface area contributed by atoms with E-state index in [2.05, 4.69) is 54.7 Å². The second-order valence-electron chi connectivity index (χ2n) is 4.54. The zero-order valence-electron chi connectivity index (χ0n) is 11.4. The van der Waals surface area contributed by atoms with Gasteiger partial charge < -0.3 is 4.74 Å². The lowest BCUT2D eigenvalue weighted by Gasteiger charge is -2.15. The highest BCUT2D eigenvalue weighted by molar-refractivity contribution is 9.11. The quantitative estimate of drug-likeness (QED) is 0.437. The van der Waals surface area contributed by atoms with Gasteiger partial charge in [0, 0.05) is 0 Å². The maximum atomic E-state index is 13.6. The standard InChI is InChI=1S/C16H14Br3FO/c1-2-8-21-14-7-6-10(9-12(14)17)15(18)11-4-3-5-13(20)16(11)19/h3-7,9,15H,2,8H2,1H3. The SMILES string of the molecule is CCCOc1ccc(C(Br)c2cccc(F)c2Br)cc1Br. The van der Waals surface area contributed by atoms with Crippen molar-refractivity contribution in [2.75, 3.05) is 6.61 Å². The monoisotopic (exact) mass is 478 g/mol. The molecule has 0 aromatic heterocycles. The van der Waals surface area contributed by atoms with E-state index in [1.54, 1.807) is 6.07 Å². The van der Waals surface area contributed by atoms with Crippen LogP contribution in [0.25, 0.3) is 0 Å². The van der Waals surface area contributed by atoms with Crippen LogP contribution >= 0.6 is 47.8 Å². The highest BCUT2D eigenvalue weighted by Gasteiger charge is 2.17. The van der Waals surface area contributed by atoms with Gasteiger partial charge in [-0.1, -0.05) is 41.1 Å². The van der Waals surface area contributed by atoms with Crippen molar-refractivity contribution in [3.05, 3.63) is 62.3 Å². The summed E-state index contributed by atoms with van der Waals surface area (Å²) >= 11 is 10.5. The molecule has 0 spiro atoms. The van der Waals surface area contributed by atoms with Crippen LogP contribution in [-0.2, 0) is 0 Å². The molecule has 112 valence electrons. The summed E-state index contributed by atoms with van der Waals surface area (Å²) in [4.78, 5) is -0.0981. The van der Waals surface area contributed by atoms with Gasteiger partial charge in [0.05, 0.1) is 20.4 Å². The van der Waals surface area contributed by atoms with E-state index in [1.807, 2.05) is 24.3 Å². The van der Waals surface area contributed by atoms with E-state index in [4.69, 9.17) is 4.74 Å². The van der Waals surface area contributed by atoms with E-state index < -0.39 is 0 Å². The minimum atomic E-state index is -0.265. The molecule has 2 aromatic carbocycles. The first-order chi connectivity index (χ1) is 10.0. The van der Waals surface area contributed by atoms with Crippen molar-refractivity contribution < 1.29 is 9.13 Å². The van der Waals surface area contributed by atoms with Crippen LogP contribution in [0.1, 0.15) is 29.3 Å².